The van der Waals surface area contributed by atoms with E-state index in [-0.39, 0.29) is 18.1 Å². The van der Waals surface area contributed by atoms with Gasteiger partial charge in [-0.25, -0.2) is 18.2 Å². The van der Waals surface area contributed by atoms with Crippen molar-refractivity contribution in [2.24, 2.45) is 0 Å². The number of carbonyl (C=O) groups is 1. The van der Waals surface area contributed by atoms with E-state index in [1.807, 2.05) is 0 Å². The van der Waals surface area contributed by atoms with Gasteiger partial charge in [-0.15, -0.1) is 0 Å². The maximum atomic E-state index is 11.9. The van der Waals surface area contributed by atoms with Gasteiger partial charge < -0.3 is 15.4 Å². The quantitative estimate of drug-likeness (QED) is 0.703. The Bertz CT molecular complexity index is 764. The van der Waals surface area contributed by atoms with Crippen LogP contribution < -0.4 is 20.1 Å². The number of sulfonamides is 1. The van der Waals surface area contributed by atoms with Gasteiger partial charge in [-0.1, -0.05) is 6.07 Å². The molecule has 0 atom stereocenters. The number of aromatic nitrogens is 1. The fourth-order valence-electron chi connectivity index (χ4n) is 1.78. The summed E-state index contributed by atoms with van der Waals surface area (Å²) in [6, 6.07) is 11.2. The zero-order valence-electron chi connectivity index (χ0n) is 13.0. The average Bonchev–Trinajstić information content (AvgIpc) is 2.56. The lowest BCUT2D eigenvalue weighted by Crippen LogP contribution is -2.34. The molecule has 1 heterocycles. The third kappa shape index (κ3) is 5.76. The second-order valence-electron chi connectivity index (χ2n) is 4.75. The number of anilines is 2. The van der Waals surface area contributed by atoms with Gasteiger partial charge in [-0.2, -0.15) is 0 Å². The van der Waals surface area contributed by atoms with E-state index in [2.05, 4.69) is 20.3 Å². The van der Waals surface area contributed by atoms with E-state index in [4.69, 9.17) is 4.74 Å². The Kier molecular flexibility index (Phi) is 5.96. The molecular formula is C15H18N4O4S. The van der Waals surface area contributed by atoms with Crippen LogP contribution in [-0.4, -0.2) is 38.8 Å². The number of ether oxygens (including phenoxy) is 1. The third-order valence-corrected chi connectivity index (χ3v) is 4.19. The molecule has 0 aliphatic carbocycles. The van der Waals surface area contributed by atoms with E-state index in [0.29, 0.717) is 11.4 Å². The molecule has 0 spiro atoms. The molecule has 9 heteroatoms. The van der Waals surface area contributed by atoms with E-state index in [9.17, 15) is 13.2 Å². The lowest BCUT2D eigenvalue weighted by molar-refractivity contribution is 0.252. The van der Waals surface area contributed by atoms with E-state index >= 15 is 0 Å². The highest BCUT2D eigenvalue weighted by atomic mass is 32.2. The molecule has 0 fully saturated rings. The molecule has 0 aliphatic heterocycles. The number of rotatable bonds is 7. The van der Waals surface area contributed by atoms with Crippen LogP contribution in [0.4, 0.5) is 16.3 Å². The van der Waals surface area contributed by atoms with Crippen molar-refractivity contribution in [2.75, 3.05) is 29.4 Å². The summed E-state index contributed by atoms with van der Waals surface area (Å²) in [4.78, 5) is 15.6. The van der Waals surface area contributed by atoms with Crippen molar-refractivity contribution in [3.63, 3.8) is 0 Å². The van der Waals surface area contributed by atoms with Crippen LogP contribution in [0.1, 0.15) is 0 Å². The molecule has 3 N–H and O–H groups in total. The number of nitrogens with one attached hydrogen (secondary N) is 3. The van der Waals surface area contributed by atoms with Gasteiger partial charge in [0, 0.05) is 18.4 Å². The minimum absolute atomic E-state index is 0.0375. The van der Waals surface area contributed by atoms with E-state index in [1.165, 1.54) is 6.20 Å². The van der Waals surface area contributed by atoms with Crippen molar-refractivity contribution in [3.8, 4) is 5.75 Å². The van der Waals surface area contributed by atoms with Crippen LogP contribution >= 0.6 is 0 Å². The van der Waals surface area contributed by atoms with Crippen LogP contribution in [-0.2, 0) is 10.0 Å². The summed E-state index contributed by atoms with van der Waals surface area (Å²) in [5, 5.41) is 5.08. The van der Waals surface area contributed by atoms with Crippen LogP contribution in [0.25, 0.3) is 0 Å². The van der Waals surface area contributed by atoms with Crippen molar-refractivity contribution >= 4 is 27.6 Å². The molecule has 8 nitrogen and oxygen atoms in total. The fourth-order valence-corrected chi connectivity index (χ4v) is 2.69. The lowest BCUT2D eigenvalue weighted by Gasteiger charge is -2.09. The maximum absolute atomic E-state index is 11.9. The zero-order chi connectivity index (χ0) is 17.4. The lowest BCUT2D eigenvalue weighted by atomic mass is 10.3. The first-order valence-corrected chi connectivity index (χ1v) is 8.74. The summed E-state index contributed by atoms with van der Waals surface area (Å²) >= 11 is 0. The summed E-state index contributed by atoms with van der Waals surface area (Å²) in [5.74, 6) is 0.646. The van der Waals surface area contributed by atoms with Crippen LogP contribution in [0.15, 0.2) is 48.7 Å². The first-order valence-electron chi connectivity index (χ1n) is 7.09. The van der Waals surface area contributed by atoms with Crippen molar-refractivity contribution in [1.82, 2.24) is 10.3 Å². The average molecular weight is 350 g/mol. The van der Waals surface area contributed by atoms with E-state index in [1.54, 1.807) is 49.6 Å². The minimum atomic E-state index is -3.58. The number of hydrogen-bond acceptors (Lipinski definition) is 5. The van der Waals surface area contributed by atoms with Gasteiger partial charge in [0.1, 0.15) is 11.6 Å². The van der Waals surface area contributed by atoms with Crippen LogP contribution in [0.5, 0.6) is 5.75 Å². The molecule has 2 aromatic rings. The highest BCUT2D eigenvalue weighted by Crippen LogP contribution is 2.14. The summed E-state index contributed by atoms with van der Waals surface area (Å²) in [6.07, 6.45) is 1.48. The summed E-state index contributed by atoms with van der Waals surface area (Å²) < 4.78 is 31.1. The van der Waals surface area contributed by atoms with Crippen LogP contribution in [0, 0.1) is 0 Å². The van der Waals surface area contributed by atoms with Crippen molar-refractivity contribution in [1.29, 1.82) is 0 Å². The van der Waals surface area contributed by atoms with Crippen LogP contribution in [0.2, 0.25) is 0 Å². The Balaban J connectivity index is 1.77. The fraction of sp³-hybridized carbons (Fsp3) is 0.200. The number of urea groups is 1. The number of nitrogens with zero attached hydrogens (tertiary/aromatic N) is 1. The molecule has 128 valence electrons. The molecular weight excluding hydrogens is 332 g/mol. The highest BCUT2D eigenvalue weighted by Gasteiger charge is 2.11. The van der Waals surface area contributed by atoms with Crippen molar-refractivity contribution < 1.29 is 17.9 Å². The topological polar surface area (TPSA) is 109 Å². The van der Waals surface area contributed by atoms with E-state index in [0.717, 1.165) is 0 Å². The summed E-state index contributed by atoms with van der Waals surface area (Å²) in [6.45, 7) is -0.0375. The Morgan fingerprint density at radius 2 is 1.92 bits per heavy atom. The largest absolute Gasteiger partial charge is 0.497 e. The first kappa shape index (κ1) is 17.5. The van der Waals surface area contributed by atoms with Gasteiger partial charge in [0.25, 0.3) is 0 Å². The minimum Gasteiger partial charge on any atom is -0.497 e. The van der Waals surface area contributed by atoms with Gasteiger partial charge in [0.05, 0.1) is 12.9 Å². The van der Waals surface area contributed by atoms with E-state index < -0.39 is 16.1 Å². The predicted octanol–water partition coefficient (Wildman–Crippen LogP) is 1.65. The monoisotopic (exact) mass is 350 g/mol. The number of hydrogen-bond donors (Lipinski definition) is 3. The van der Waals surface area contributed by atoms with Crippen LogP contribution in [0.3, 0.4) is 0 Å². The summed E-state index contributed by atoms with van der Waals surface area (Å²) in [7, 11) is -2.03. The Morgan fingerprint density at radius 3 is 2.54 bits per heavy atom. The Morgan fingerprint density at radius 1 is 1.17 bits per heavy atom. The predicted molar refractivity (Wildman–Crippen MR) is 91.7 cm³/mol. The Labute approximate surface area is 140 Å². The maximum Gasteiger partial charge on any atom is 0.319 e. The second kappa shape index (κ2) is 8.16. The zero-order valence-corrected chi connectivity index (χ0v) is 13.8. The number of carbonyl (C=O) groups excluding carboxylic acids is 1. The molecule has 1 aromatic carbocycles. The SMILES string of the molecule is COc1ccc(NC(=O)NCCS(=O)(=O)Nc2ccccn2)cc1. The molecule has 0 radical (unpaired) electrons. The normalized spacial score (nSPS) is 10.7. The number of pyridine rings is 1. The number of amides is 2. The molecule has 0 saturated heterocycles. The summed E-state index contributed by atoms with van der Waals surface area (Å²) in [5.41, 5.74) is 0.572. The molecule has 0 bridgehead atoms. The second-order valence-corrected chi connectivity index (χ2v) is 6.59. The number of methoxy groups -OCH3 is 1. The third-order valence-electron chi connectivity index (χ3n) is 2.93. The van der Waals surface area contributed by atoms with Gasteiger partial charge in [0.15, 0.2) is 0 Å². The first-order chi connectivity index (χ1) is 11.5. The molecule has 24 heavy (non-hydrogen) atoms. The van der Waals surface area contributed by atoms with Gasteiger partial charge in [-0.3, -0.25) is 4.72 Å². The highest BCUT2D eigenvalue weighted by molar-refractivity contribution is 7.92. The standard InChI is InChI=1S/C15H18N4O4S/c1-23-13-7-5-12(6-8-13)18-15(20)17-10-11-24(21,22)19-14-4-2-3-9-16-14/h2-9H,10-11H2,1H3,(H,16,19)(H2,17,18,20). The van der Waals surface area contributed by atoms with Gasteiger partial charge in [0.2, 0.25) is 10.0 Å². The van der Waals surface area contributed by atoms with Gasteiger partial charge in [-0.05, 0) is 36.4 Å². The smallest absolute Gasteiger partial charge is 0.319 e. The number of benzene rings is 1. The molecule has 0 aliphatic rings. The molecule has 0 unspecified atom stereocenters. The molecule has 2 amide bonds. The Hall–Kier alpha value is -2.81. The van der Waals surface area contributed by atoms with Gasteiger partial charge >= 0.3 is 6.03 Å². The van der Waals surface area contributed by atoms with Crippen molar-refractivity contribution in [3.05, 3.63) is 48.7 Å². The molecule has 2 rings (SSSR count). The van der Waals surface area contributed by atoms with Crippen molar-refractivity contribution in [2.45, 2.75) is 0 Å². The molecule has 1 aromatic heterocycles. The molecule has 0 saturated carbocycles.